The third-order valence-electron chi connectivity index (χ3n) is 1.97. The van der Waals surface area contributed by atoms with Crippen LogP contribution in [0.2, 0.25) is 4.34 Å². The molecule has 0 aliphatic heterocycles. The van der Waals surface area contributed by atoms with Crippen LogP contribution in [0.4, 0.5) is 0 Å². The van der Waals surface area contributed by atoms with Crippen molar-refractivity contribution in [1.82, 2.24) is 9.88 Å². The molecule has 0 amide bonds. The van der Waals surface area contributed by atoms with Crippen LogP contribution in [0, 0.1) is 0 Å². The second-order valence-corrected chi connectivity index (χ2v) is 5.88. The summed E-state index contributed by atoms with van der Waals surface area (Å²) < 4.78 is 0.854. The molecule has 0 saturated heterocycles. The normalized spacial score (nSPS) is 11.1. The summed E-state index contributed by atoms with van der Waals surface area (Å²) in [5.41, 5.74) is 3.00. The number of hydrogen-bond acceptors (Lipinski definition) is 4. The Morgan fingerprint density at radius 1 is 1.40 bits per heavy atom. The molecule has 0 unspecified atom stereocenters. The van der Waals surface area contributed by atoms with Crippen LogP contribution in [0.15, 0.2) is 23.0 Å². The monoisotopic (exact) mass is 258 g/mol. The fraction of sp³-hybridized carbons (Fsp3) is 0.300. The molecule has 2 aromatic rings. The van der Waals surface area contributed by atoms with Crippen molar-refractivity contribution < 1.29 is 0 Å². The van der Waals surface area contributed by atoms with E-state index in [0.717, 1.165) is 23.1 Å². The lowest BCUT2D eigenvalue weighted by atomic mass is 10.4. The Hall–Kier alpha value is -0.420. The smallest absolute Gasteiger partial charge is 0.0931 e. The van der Waals surface area contributed by atoms with E-state index in [1.165, 1.54) is 4.88 Å². The number of thiophene rings is 1. The van der Waals surface area contributed by atoms with E-state index in [2.05, 4.69) is 28.4 Å². The van der Waals surface area contributed by atoms with Crippen molar-refractivity contribution in [3.05, 3.63) is 37.9 Å². The van der Waals surface area contributed by atoms with Gasteiger partial charge in [0.2, 0.25) is 0 Å². The summed E-state index contributed by atoms with van der Waals surface area (Å²) in [7, 11) is 2.09. The number of aromatic nitrogens is 1. The topological polar surface area (TPSA) is 16.1 Å². The van der Waals surface area contributed by atoms with Gasteiger partial charge in [0.25, 0.3) is 0 Å². The first kappa shape index (κ1) is 11.1. The Balaban J connectivity index is 1.90. The summed E-state index contributed by atoms with van der Waals surface area (Å²) in [4.78, 5) is 7.78. The van der Waals surface area contributed by atoms with Crippen LogP contribution < -0.4 is 0 Å². The molecule has 0 saturated carbocycles. The highest BCUT2D eigenvalue weighted by molar-refractivity contribution is 7.16. The summed E-state index contributed by atoms with van der Waals surface area (Å²) >= 11 is 9.15. The molecule has 2 heterocycles. The van der Waals surface area contributed by atoms with Gasteiger partial charge in [-0.25, -0.2) is 4.98 Å². The first-order valence-corrected chi connectivity index (χ1v) is 6.67. The molecule has 0 radical (unpaired) electrons. The van der Waals surface area contributed by atoms with Gasteiger partial charge in [0.1, 0.15) is 0 Å². The minimum absolute atomic E-state index is 0.854. The molecule has 0 spiro atoms. The Morgan fingerprint density at radius 3 is 2.87 bits per heavy atom. The minimum Gasteiger partial charge on any atom is -0.295 e. The average Bonchev–Trinajstić information content (AvgIpc) is 2.77. The van der Waals surface area contributed by atoms with Crippen LogP contribution in [-0.2, 0) is 13.1 Å². The van der Waals surface area contributed by atoms with E-state index in [1.807, 2.05) is 11.6 Å². The van der Waals surface area contributed by atoms with E-state index < -0.39 is 0 Å². The van der Waals surface area contributed by atoms with Crippen molar-refractivity contribution in [1.29, 1.82) is 0 Å². The predicted octanol–water partition coefficient (Wildman–Crippen LogP) is 3.49. The SMILES string of the molecule is CN(Cc1cscn1)Cc1ccc(Cl)s1. The van der Waals surface area contributed by atoms with Crippen molar-refractivity contribution in [2.24, 2.45) is 0 Å². The molecule has 0 aliphatic carbocycles. The van der Waals surface area contributed by atoms with E-state index in [9.17, 15) is 0 Å². The average molecular weight is 259 g/mol. The molecule has 80 valence electrons. The third-order valence-corrected chi connectivity index (χ3v) is 3.82. The van der Waals surface area contributed by atoms with Gasteiger partial charge in [-0.05, 0) is 19.2 Å². The number of halogens is 1. The zero-order valence-electron chi connectivity index (χ0n) is 8.31. The summed E-state index contributed by atoms with van der Waals surface area (Å²) in [5.74, 6) is 0. The van der Waals surface area contributed by atoms with Crippen LogP contribution in [0.1, 0.15) is 10.6 Å². The van der Waals surface area contributed by atoms with Crippen LogP contribution in [0.5, 0.6) is 0 Å². The van der Waals surface area contributed by atoms with E-state index in [-0.39, 0.29) is 0 Å². The fourth-order valence-electron chi connectivity index (χ4n) is 1.35. The number of nitrogens with zero attached hydrogens (tertiary/aromatic N) is 2. The lowest BCUT2D eigenvalue weighted by Crippen LogP contribution is -2.16. The maximum Gasteiger partial charge on any atom is 0.0931 e. The standard InChI is InChI=1S/C10H11ClN2S2/c1-13(4-8-6-14-7-12-8)5-9-2-3-10(11)15-9/h2-3,6-7H,4-5H2,1H3. The fourth-order valence-corrected chi connectivity index (χ4v) is 3.07. The number of thiazole rings is 1. The molecule has 0 N–H and O–H groups in total. The summed E-state index contributed by atoms with van der Waals surface area (Å²) in [5, 5.41) is 2.08. The Kier molecular flexibility index (Phi) is 3.75. The van der Waals surface area contributed by atoms with Crippen LogP contribution in [0.25, 0.3) is 0 Å². The van der Waals surface area contributed by atoms with Gasteiger partial charge < -0.3 is 0 Å². The lowest BCUT2D eigenvalue weighted by molar-refractivity contribution is 0.318. The van der Waals surface area contributed by atoms with E-state index >= 15 is 0 Å². The minimum atomic E-state index is 0.854. The Morgan fingerprint density at radius 2 is 2.27 bits per heavy atom. The summed E-state index contributed by atoms with van der Waals surface area (Å²) in [6, 6.07) is 4.02. The zero-order chi connectivity index (χ0) is 10.7. The molecule has 15 heavy (non-hydrogen) atoms. The van der Waals surface area contributed by atoms with E-state index in [1.54, 1.807) is 22.7 Å². The molecule has 0 bridgehead atoms. The molecule has 2 rings (SSSR count). The highest BCUT2D eigenvalue weighted by Gasteiger charge is 2.04. The maximum absolute atomic E-state index is 5.88. The predicted molar refractivity (Wildman–Crippen MR) is 66.6 cm³/mol. The first-order valence-electron chi connectivity index (χ1n) is 4.54. The molecule has 0 aliphatic rings. The van der Waals surface area contributed by atoms with E-state index in [4.69, 9.17) is 11.6 Å². The molecule has 0 fully saturated rings. The second-order valence-electron chi connectivity index (χ2n) is 3.36. The first-order chi connectivity index (χ1) is 7.24. The highest BCUT2D eigenvalue weighted by Crippen LogP contribution is 2.22. The van der Waals surface area contributed by atoms with Gasteiger partial charge in [-0.1, -0.05) is 11.6 Å². The van der Waals surface area contributed by atoms with Gasteiger partial charge in [-0.15, -0.1) is 22.7 Å². The van der Waals surface area contributed by atoms with Crippen molar-refractivity contribution in [3.8, 4) is 0 Å². The van der Waals surface area contributed by atoms with Crippen molar-refractivity contribution in [3.63, 3.8) is 0 Å². The van der Waals surface area contributed by atoms with Crippen molar-refractivity contribution in [2.75, 3.05) is 7.05 Å². The zero-order valence-corrected chi connectivity index (χ0v) is 10.7. The van der Waals surface area contributed by atoms with Crippen molar-refractivity contribution in [2.45, 2.75) is 13.1 Å². The van der Waals surface area contributed by atoms with Crippen LogP contribution in [-0.4, -0.2) is 16.9 Å². The summed E-state index contributed by atoms with van der Waals surface area (Å²) in [6.45, 7) is 1.81. The van der Waals surface area contributed by atoms with E-state index in [0.29, 0.717) is 0 Å². The summed E-state index contributed by atoms with van der Waals surface area (Å²) in [6.07, 6.45) is 0. The van der Waals surface area contributed by atoms with Gasteiger partial charge >= 0.3 is 0 Å². The molecular formula is C10H11ClN2S2. The molecule has 2 nitrogen and oxygen atoms in total. The third kappa shape index (κ3) is 3.28. The van der Waals surface area contributed by atoms with Crippen LogP contribution in [0.3, 0.4) is 0 Å². The van der Waals surface area contributed by atoms with Crippen LogP contribution >= 0.6 is 34.3 Å². The number of rotatable bonds is 4. The quantitative estimate of drug-likeness (QED) is 0.835. The van der Waals surface area contributed by atoms with Gasteiger partial charge in [0, 0.05) is 23.3 Å². The van der Waals surface area contributed by atoms with Gasteiger partial charge in [0.05, 0.1) is 15.5 Å². The molecule has 2 aromatic heterocycles. The van der Waals surface area contributed by atoms with Gasteiger partial charge in [0.15, 0.2) is 0 Å². The number of hydrogen-bond donors (Lipinski definition) is 0. The Bertz CT molecular complexity index is 411. The molecule has 5 heteroatoms. The molecule has 0 aromatic carbocycles. The molecular weight excluding hydrogens is 248 g/mol. The van der Waals surface area contributed by atoms with Gasteiger partial charge in [-0.2, -0.15) is 0 Å². The molecule has 0 atom stereocenters. The lowest BCUT2D eigenvalue weighted by Gasteiger charge is -2.13. The maximum atomic E-state index is 5.88. The Labute approximate surface area is 102 Å². The largest absolute Gasteiger partial charge is 0.295 e. The van der Waals surface area contributed by atoms with Gasteiger partial charge in [-0.3, -0.25) is 4.90 Å². The second kappa shape index (κ2) is 5.07. The van der Waals surface area contributed by atoms with Crippen molar-refractivity contribution >= 4 is 34.3 Å². The highest BCUT2D eigenvalue weighted by atomic mass is 35.5.